The Morgan fingerprint density at radius 3 is 3.00 bits per heavy atom. The molecule has 0 aromatic carbocycles. The van der Waals surface area contributed by atoms with E-state index < -0.39 is 0 Å². The molecule has 0 spiro atoms. The molecule has 2 rings (SSSR count). The maximum Gasteiger partial charge on any atom is 0.240 e. The largest absolute Gasteiger partial charge is 0.367 e. The summed E-state index contributed by atoms with van der Waals surface area (Å²) in [7, 11) is 0. The monoisotopic (exact) mass is 213 g/mol. The molecule has 0 aliphatic heterocycles. The maximum absolute atomic E-state index is 5.68. The van der Waals surface area contributed by atoms with Crippen LogP contribution in [0.3, 0.4) is 0 Å². The molecule has 1 fully saturated rings. The first-order chi connectivity index (χ1) is 6.81. The molecular formula is C8H15N5S. The van der Waals surface area contributed by atoms with Gasteiger partial charge in [0.15, 0.2) is 0 Å². The van der Waals surface area contributed by atoms with E-state index in [0.29, 0.717) is 12.0 Å². The number of rotatable bonds is 2. The predicted molar refractivity (Wildman–Crippen MR) is 57.0 cm³/mol. The van der Waals surface area contributed by atoms with Crippen LogP contribution in [0.15, 0.2) is 0 Å². The van der Waals surface area contributed by atoms with Gasteiger partial charge in [0.2, 0.25) is 5.95 Å². The number of tetrazole rings is 1. The Balaban J connectivity index is 2.08. The van der Waals surface area contributed by atoms with Crippen molar-refractivity contribution in [3.05, 3.63) is 0 Å². The minimum absolute atomic E-state index is 0.399. The molecule has 1 aromatic heterocycles. The highest BCUT2D eigenvalue weighted by molar-refractivity contribution is 7.99. The average molecular weight is 213 g/mol. The number of thioether (sulfide) groups is 1. The second-order valence-electron chi connectivity index (χ2n) is 3.66. The summed E-state index contributed by atoms with van der Waals surface area (Å²) in [6, 6.07) is 0.399. The van der Waals surface area contributed by atoms with Crippen molar-refractivity contribution in [3.63, 3.8) is 0 Å². The fourth-order valence-corrected chi connectivity index (χ4v) is 2.83. The van der Waals surface area contributed by atoms with Crippen LogP contribution in [-0.2, 0) is 0 Å². The summed E-state index contributed by atoms with van der Waals surface area (Å²) in [4.78, 5) is 0. The zero-order valence-electron chi connectivity index (χ0n) is 8.26. The lowest BCUT2D eigenvalue weighted by molar-refractivity contribution is 0.334. The predicted octanol–water partition coefficient (Wildman–Crippen LogP) is 1.10. The highest BCUT2D eigenvalue weighted by Gasteiger charge is 2.24. The van der Waals surface area contributed by atoms with Crippen molar-refractivity contribution in [3.8, 4) is 0 Å². The van der Waals surface area contributed by atoms with E-state index in [2.05, 4.69) is 21.8 Å². The third-order valence-electron chi connectivity index (χ3n) is 2.80. The Bertz CT molecular complexity index is 300. The van der Waals surface area contributed by atoms with Crippen molar-refractivity contribution in [1.82, 2.24) is 20.2 Å². The van der Waals surface area contributed by atoms with Crippen LogP contribution in [0.1, 0.15) is 31.7 Å². The van der Waals surface area contributed by atoms with Crippen LogP contribution in [0, 0.1) is 0 Å². The highest BCUT2D eigenvalue weighted by Crippen LogP contribution is 2.34. The number of nitrogens with zero attached hydrogens (tertiary/aromatic N) is 4. The molecule has 1 aliphatic carbocycles. The molecule has 0 amide bonds. The van der Waals surface area contributed by atoms with Crippen LogP contribution in [0.4, 0.5) is 5.95 Å². The first kappa shape index (κ1) is 9.76. The summed E-state index contributed by atoms with van der Waals surface area (Å²) in [5, 5.41) is 12.0. The number of nitrogen functional groups attached to an aromatic ring is 1. The molecule has 78 valence electrons. The Morgan fingerprint density at radius 2 is 2.36 bits per heavy atom. The average Bonchev–Trinajstić information content (AvgIpc) is 2.65. The number of nitrogens with two attached hydrogens (primary N) is 1. The summed E-state index contributed by atoms with van der Waals surface area (Å²) in [6.45, 7) is 0. The lowest BCUT2D eigenvalue weighted by atomic mass is 9.95. The number of aromatic nitrogens is 4. The fraction of sp³-hybridized carbons (Fsp3) is 0.875. The van der Waals surface area contributed by atoms with Crippen molar-refractivity contribution in [2.24, 2.45) is 0 Å². The van der Waals surface area contributed by atoms with Crippen molar-refractivity contribution < 1.29 is 0 Å². The molecule has 1 aliphatic rings. The van der Waals surface area contributed by atoms with Gasteiger partial charge in [0.1, 0.15) is 0 Å². The summed E-state index contributed by atoms with van der Waals surface area (Å²) in [6.07, 6.45) is 6.99. The van der Waals surface area contributed by atoms with Gasteiger partial charge in [0, 0.05) is 5.25 Å². The van der Waals surface area contributed by atoms with Crippen molar-refractivity contribution in [1.29, 1.82) is 0 Å². The lowest BCUT2D eigenvalue weighted by Gasteiger charge is -2.27. The van der Waals surface area contributed by atoms with Gasteiger partial charge in [0.05, 0.1) is 6.04 Å². The van der Waals surface area contributed by atoms with Gasteiger partial charge in [0.25, 0.3) is 0 Å². The molecule has 1 aromatic rings. The van der Waals surface area contributed by atoms with Crippen molar-refractivity contribution >= 4 is 17.7 Å². The Kier molecular flexibility index (Phi) is 2.90. The molecule has 5 nitrogen and oxygen atoms in total. The van der Waals surface area contributed by atoms with Crippen molar-refractivity contribution in [2.75, 3.05) is 12.0 Å². The van der Waals surface area contributed by atoms with E-state index in [0.717, 1.165) is 18.1 Å². The number of hydrogen-bond acceptors (Lipinski definition) is 5. The van der Waals surface area contributed by atoms with Gasteiger partial charge >= 0.3 is 0 Å². The standard InChI is InChI=1S/C8H15N5S/c1-14-7-4-2-3-6(5-7)13-8(9)10-11-12-13/h6-7H,2-5H2,1H3,(H2,9,10,12). The van der Waals surface area contributed by atoms with Crippen LogP contribution in [-0.4, -0.2) is 31.7 Å². The topological polar surface area (TPSA) is 69.6 Å². The Morgan fingerprint density at radius 1 is 1.50 bits per heavy atom. The van der Waals surface area contributed by atoms with Gasteiger partial charge in [-0.1, -0.05) is 11.5 Å². The van der Waals surface area contributed by atoms with Crippen LogP contribution in [0.25, 0.3) is 0 Å². The van der Waals surface area contributed by atoms with Gasteiger partial charge in [-0.25, -0.2) is 4.68 Å². The summed E-state index contributed by atoms with van der Waals surface area (Å²) >= 11 is 1.93. The highest BCUT2D eigenvalue weighted by atomic mass is 32.2. The molecule has 14 heavy (non-hydrogen) atoms. The maximum atomic E-state index is 5.68. The molecule has 1 saturated carbocycles. The minimum atomic E-state index is 0.399. The molecule has 2 N–H and O–H groups in total. The third kappa shape index (κ3) is 1.84. The zero-order valence-corrected chi connectivity index (χ0v) is 9.07. The molecule has 2 unspecified atom stereocenters. The first-order valence-electron chi connectivity index (χ1n) is 4.87. The molecule has 1 heterocycles. The van der Waals surface area contributed by atoms with E-state index in [4.69, 9.17) is 5.73 Å². The molecule has 0 saturated heterocycles. The number of anilines is 1. The smallest absolute Gasteiger partial charge is 0.240 e. The van der Waals surface area contributed by atoms with Crippen LogP contribution >= 0.6 is 11.8 Å². The zero-order chi connectivity index (χ0) is 9.97. The van der Waals surface area contributed by atoms with E-state index in [9.17, 15) is 0 Å². The summed E-state index contributed by atoms with van der Waals surface area (Å²) < 4.78 is 1.77. The third-order valence-corrected chi connectivity index (χ3v) is 3.89. The second-order valence-corrected chi connectivity index (χ2v) is 4.80. The minimum Gasteiger partial charge on any atom is -0.367 e. The van der Waals surface area contributed by atoms with Gasteiger partial charge < -0.3 is 5.73 Å². The first-order valence-corrected chi connectivity index (χ1v) is 6.16. The van der Waals surface area contributed by atoms with E-state index in [-0.39, 0.29) is 0 Å². The van der Waals surface area contributed by atoms with Gasteiger partial charge in [-0.2, -0.15) is 11.8 Å². The normalized spacial score (nSPS) is 27.8. The second kappa shape index (κ2) is 4.16. The van der Waals surface area contributed by atoms with Crippen LogP contribution in [0.2, 0.25) is 0 Å². The molecule has 2 atom stereocenters. The van der Waals surface area contributed by atoms with Crippen LogP contribution < -0.4 is 5.73 Å². The van der Waals surface area contributed by atoms with Gasteiger partial charge in [-0.05, 0) is 35.9 Å². The Hall–Kier alpha value is -0.780. The summed E-state index contributed by atoms with van der Waals surface area (Å²) in [5.41, 5.74) is 5.68. The summed E-state index contributed by atoms with van der Waals surface area (Å²) in [5.74, 6) is 0.441. The molecule has 0 radical (unpaired) electrons. The van der Waals surface area contributed by atoms with E-state index in [1.54, 1.807) is 4.68 Å². The molecule has 0 bridgehead atoms. The van der Waals surface area contributed by atoms with Crippen molar-refractivity contribution in [2.45, 2.75) is 37.0 Å². The SMILES string of the molecule is CSC1CCCC(n2nnnc2N)C1. The van der Waals surface area contributed by atoms with E-state index >= 15 is 0 Å². The quantitative estimate of drug-likeness (QED) is 0.796. The Labute approximate surface area is 87.4 Å². The van der Waals surface area contributed by atoms with Crippen LogP contribution in [0.5, 0.6) is 0 Å². The van der Waals surface area contributed by atoms with E-state index in [1.165, 1.54) is 12.8 Å². The molecular weight excluding hydrogens is 198 g/mol. The lowest BCUT2D eigenvalue weighted by Crippen LogP contribution is -2.22. The number of hydrogen-bond donors (Lipinski definition) is 1. The molecule has 6 heteroatoms. The van der Waals surface area contributed by atoms with E-state index in [1.807, 2.05) is 11.8 Å². The fourth-order valence-electron chi connectivity index (χ4n) is 2.02. The van der Waals surface area contributed by atoms with Gasteiger partial charge in [-0.15, -0.1) is 0 Å². The van der Waals surface area contributed by atoms with Gasteiger partial charge in [-0.3, -0.25) is 0 Å².